The Morgan fingerprint density at radius 1 is 1.15 bits per heavy atom. The first-order valence-electron chi connectivity index (χ1n) is 10.9. The topological polar surface area (TPSA) is 93.8 Å². The van der Waals surface area contributed by atoms with Crippen molar-refractivity contribution in [3.63, 3.8) is 0 Å². The van der Waals surface area contributed by atoms with E-state index in [9.17, 15) is 4.79 Å². The Kier molecular flexibility index (Phi) is 5.16. The van der Waals surface area contributed by atoms with Crippen molar-refractivity contribution in [3.05, 3.63) is 71.8 Å². The van der Waals surface area contributed by atoms with Crippen molar-refractivity contribution in [2.45, 2.75) is 39.9 Å². The van der Waals surface area contributed by atoms with E-state index in [-0.39, 0.29) is 11.9 Å². The van der Waals surface area contributed by atoms with Crippen LogP contribution >= 0.6 is 0 Å². The lowest BCUT2D eigenvalue weighted by Gasteiger charge is -2.34. The van der Waals surface area contributed by atoms with Gasteiger partial charge in [-0.1, -0.05) is 0 Å². The van der Waals surface area contributed by atoms with Crippen molar-refractivity contribution >= 4 is 17.5 Å². The van der Waals surface area contributed by atoms with Crippen LogP contribution in [0.3, 0.4) is 0 Å². The van der Waals surface area contributed by atoms with Gasteiger partial charge in [-0.15, -0.1) is 0 Å². The number of hydrogen-bond donors (Lipinski definition) is 1. The molecule has 9 nitrogen and oxygen atoms in total. The third-order valence-electron chi connectivity index (χ3n) is 6.03. The Hall–Kier alpha value is -4.01. The average Bonchev–Trinajstić information content (AvgIpc) is 3.39. The van der Waals surface area contributed by atoms with Crippen LogP contribution in [-0.4, -0.2) is 46.1 Å². The standard InChI is InChI=1S/C24H26N8O/c1-15-11-26-22(29-23-6-8-27-30(23)4)10-20(15)18-9-21-24(33)32(16(2)12-31(21)13-18)14-19-5-7-25-17(3)28-19/h5-11,13,16H,12,14H2,1-4H3,(H,26,29). The largest absolute Gasteiger partial charge is 0.341 e. The van der Waals surface area contributed by atoms with Crippen LogP contribution in [0.25, 0.3) is 11.1 Å². The predicted octanol–water partition coefficient (Wildman–Crippen LogP) is 3.48. The molecule has 0 bridgehead atoms. The molecule has 1 N–H and O–H groups in total. The van der Waals surface area contributed by atoms with Gasteiger partial charge in [0.2, 0.25) is 0 Å². The number of aromatic nitrogens is 6. The summed E-state index contributed by atoms with van der Waals surface area (Å²) in [6, 6.07) is 7.80. The second kappa shape index (κ2) is 8.16. The number of anilines is 2. The lowest BCUT2D eigenvalue weighted by molar-refractivity contribution is 0.0592. The van der Waals surface area contributed by atoms with Crippen LogP contribution in [0.2, 0.25) is 0 Å². The van der Waals surface area contributed by atoms with Crippen LogP contribution < -0.4 is 5.32 Å². The van der Waals surface area contributed by atoms with Crippen molar-refractivity contribution in [1.82, 2.24) is 34.2 Å². The predicted molar refractivity (Wildman–Crippen MR) is 125 cm³/mol. The first-order chi connectivity index (χ1) is 15.9. The van der Waals surface area contributed by atoms with E-state index in [1.165, 1.54) is 0 Å². The highest BCUT2D eigenvalue weighted by atomic mass is 16.2. The summed E-state index contributed by atoms with van der Waals surface area (Å²) < 4.78 is 3.81. The number of nitrogens with one attached hydrogen (secondary N) is 1. The molecule has 0 aliphatic carbocycles. The molecule has 9 heteroatoms. The van der Waals surface area contributed by atoms with Gasteiger partial charge in [-0.3, -0.25) is 9.48 Å². The lowest BCUT2D eigenvalue weighted by atomic mass is 10.0. The molecule has 0 saturated carbocycles. The van der Waals surface area contributed by atoms with Gasteiger partial charge in [-0.2, -0.15) is 5.10 Å². The van der Waals surface area contributed by atoms with Gasteiger partial charge in [-0.25, -0.2) is 15.0 Å². The zero-order valence-electron chi connectivity index (χ0n) is 19.1. The Balaban J connectivity index is 1.44. The summed E-state index contributed by atoms with van der Waals surface area (Å²) >= 11 is 0. The van der Waals surface area contributed by atoms with Crippen molar-refractivity contribution in [2.75, 3.05) is 5.32 Å². The highest BCUT2D eigenvalue weighted by molar-refractivity contribution is 5.95. The third-order valence-corrected chi connectivity index (χ3v) is 6.03. The monoisotopic (exact) mass is 442 g/mol. The van der Waals surface area contributed by atoms with Gasteiger partial charge in [0.1, 0.15) is 23.2 Å². The molecule has 0 fully saturated rings. The highest BCUT2D eigenvalue weighted by Gasteiger charge is 2.31. The number of rotatable bonds is 5. The fraction of sp³-hybridized carbons (Fsp3) is 0.292. The molecule has 1 aliphatic heterocycles. The normalized spacial score (nSPS) is 15.6. The molecule has 0 saturated heterocycles. The van der Waals surface area contributed by atoms with Crippen LogP contribution in [0.1, 0.15) is 34.5 Å². The quantitative estimate of drug-likeness (QED) is 0.509. The molecule has 0 radical (unpaired) electrons. The highest BCUT2D eigenvalue weighted by Crippen LogP contribution is 2.31. The van der Waals surface area contributed by atoms with E-state index in [4.69, 9.17) is 0 Å². The molecule has 4 aromatic rings. The van der Waals surface area contributed by atoms with Gasteiger partial charge in [0.15, 0.2) is 0 Å². The van der Waals surface area contributed by atoms with Gasteiger partial charge in [0, 0.05) is 49.9 Å². The van der Waals surface area contributed by atoms with E-state index in [1.807, 2.05) is 56.3 Å². The second-order valence-corrected chi connectivity index (χ2v) is 8.49. The minimum absolute atomic E-state index is 0.0104. The molecule has 5 rings (SSSR count). The summed E-state index contributed by atoms with van der Waals surface area (Å²) in [4.78, 5) is 28.4. The number of aryl methyl sites for hydroxylation is 3. The van der Waals surface area contributed by atoms with Gasteiger partial charge in [0.25, 0.3) is 5.91 Å². The molecule has 1 atom stereocenters. The Labute approximate surface area is 192 Å². The number of carbonyl (C=O) groups is 1. The number of fused-ring (bicyclic) bond motifs is 1. The Morgan fingerprint density at radius 3 is 2.76 bits per heavy atom. The zero-order valence-corrected chi connectivity index (χ0v) is 19.1. The van der Waals surface area contributed by atoms with E-state index in [2.05, 4.69) is 43.1 Å². The first-order valence-corrected chi connectivity index (χ1v) is 10.9. The average molecular weight is 443 g/mol. The Morgan fingerprint density at radius 2 is 2.00 bits per heavy atom. The number of carbonyl (C=O) groups excluding carboxylic acids is 1. The van der Waals surface area contributed by atoms with Gasteiger partial charge in [-0.05, 0) is 50.1 Å². The van der Waals surface area contributed by atoms with E-state index in [0.29, 0.717) is 18.1 Å². The number of amides is 1. The van der Waals surface area contributed by atoms with Crippen LogP contribution in [-0.2, 0) is 20.1 Å². The van der Waals surface area contributed by atoms with Gasteiger partial charge < -0.3 is 14.8 Å². The summed E-state index contributed by atoms with van der Waals surface area (Å²) in [6.07, 6.45) is 7.38. The van der Waals surface area contributed by atoms with Crippen LogP contribution in [0.15, 0.2) is 49.1 Å². The number of pyridine rings is 1. The van der Waals surface area contributed by atoms with Gasteiger partial charge in [0.05, 0.1) is 18.4 Å². The maximum Gasteiger partial charge on any atom is 0.271 e. The molecule has 0 spiro atoms. The molecular weight excluding hydrogens is 416 g/mol. The van der Waals surface area contributed by atoms with Crippen molar-refractivity contribution in [3.8, 4) is 11.1 Å². The third kappa shape index (κ3) is 3.97. The summed E-state index contributed by atoms with van der Waals surface area (Å²) in [5.41, 5.74) is 4.61. The SMILES string of the molecule is Cc1nccc(CN2C(=O)c3cc(-c4cc(Nc5ccnn5C)ncc4C)cn3CC2C)n1. The van der Waals surface area contributed by atoms with Crippen molar-refractivity contribution in [2.24, 2.45) is 7.05 Å². The minimum Gasteiger partial charge on any atom is -0.341 e. The molecule has 33 heavy (non-hydrogen) atoms. The first kappa shape index (κ1) is 20.9. The smallest absolute Gasteiger partial charge is 0.271 e. The fourth-order valence-corrected chi connectivity index (χ4v) is 4.24. The van der Waals surface area contributed by atoms with E-state index in [0.717, 1.165) is 40.6 Å². The fourth-order valence-electron chi connectivity index (χ4n) is 4.24. The summed E-state index contributed by atoms with van der Waals surface area (Å²) in [7, 11) is 1.88. The van der Waals surface area contributed by atoms with Crippen LogP contribution in [0.4, 0.5) is 11.6 Å². The molecular formula is C24H26N8O. The molecule has 1 unspecified atom stereocenters. The lowest BCUT2D eigenvalue weighted by Crippen LogP contribution is -2.45. The van der Waals surface area contributed by atoms with E-state index >= 15 is 0 Å². The summed E-state index contributed by atoms with van der Waals surface area (Å²) in [6.45, 7) is 7.16. The van der Waals surface area contributed by atoms with Gasteiger partial charge >= 0.3 is 0 Å². The van der Waals surface area contributed by atoms with Crippen LogP contribution in [0, 0.1) is 13.8 Å². The maximum absolute atomic E-state index is 13.4. The molecule has 168 valence electrons. The summed E-state index contributed by atoms with van der Waals surface area (Å²) in [5, 5.41) is 7.49. The number of hydrogen-bond acceptors (Lipinski definition) is 6. The van der Waals surface area contributed by atoms with Crippen molar-refractivity contribution in [1.29, 1.82) is 0 Å². The number of nitrogens with zero attached hydrogens (tertiary/aromatic N) is 7. The molecule has 5 heterocycles. The van der Waals surface area contributed by atoms with E-state index in [1.54, 1.807) is 17.1 Å². The summed E-state index contributed by atoms with van der Waals surface area (Å²) in [5.74, 6) is 2.30. The second-order valence-electron chi connectivity index (χ2n) is 8.49. The maximum atomic E-state index is 13.4. The molecule has 1 amide bonds. The molecule has 1 aliphatic rings. The molecule has 0 aromatic carbocycles. The Bertz CT molecular complexity index is 1340. The minimum atomic E-state index is 0.0104. The van der Waals surface area contributed by atoms with Crippen molar-refractivity contribution < 1.29 is 4.79 Å². The van der Waals surface area contributed by atoms with Crippen LogP contribution in [0.5, 0.6) is 0 Å². The molecule has 4 aromatic heterocycles. The van der Waals surface area contributed by atoms with E-state index < -0.39 is 0 Å². The zero-order chi connectivity index (χ0) is 23.1.